The number of aromatic nitrogens is 2. The fourth-order valence-corrected chi connectivity index (χ4v) is 2.84. The molecule has 0 radical (unpaired) electrons. The lowest BCUT2D eigenvalue weighted by Crippen LogP contribution is -2.34. The fourth-order valence-electron chi connectivity index (χ4n) is 2.84. The molecule has 1 fully saturated rings. The normalized spacial score (nSPS) is 15.7. The highest BCUT2D eigenvalue weighted by atomic mass is 16.5. The summed E-state index contributed by atoms with van der Waals surface area (Å²) in [6, 6.07) is 11.4. The van der Waals surface area contributed by atoms with Crippen molar-refractivity contribution < 1.29 is 9.53 Å². The first-order valence-corrected chi connectivity index (χ1v) is 8.34. The Morgan fingerprint density at radius 3 is 2.52 bits per heavy atom. The van der Waals surface area contributed by atoms with Crippen molar-refractivity contribution >= 4 is 5.91 Å². The third-order valence-electron chi connectivity index (χ3n) is 4.13. The Kier molecular flexibility index (Phi) is 5.29. The van der Waals surface area contributed by atoms with Crippen molar-refractivity contribution in [2.75, 3.05) is 13.1 Å². The van der Waals surface area contributed by atoms with E-state index in [0.29, 0.717) is 12.3 Å². The number of amides is 1. The molecule has 0 unspecified atom stereocenters. The highest BCUT2D eigenvalue weighted by Gasteiger charge is 2.19. The third-order valence-corrected chi connectivity index (χ3v) is 4.13. The monoisotopic (exact) mass is 313 g/mol. The van der Waals surface area contributed by atoms with Gasteiger partial charge in [0.1, 0.15) is 12.4 Å². The number of likely N-dealkylation sites (tertiary alicyclic amines) is 1. The van der Waals surface area contributed by atoms with E-state index in [1.54, 1.807) is 6.07 Å². The standard InChI is InChI=1S/C18H23N3O2/c22-18(21-11-7-2-1-3-8-12-21)17-13-15(19-20-17)14-23-16-9-5-4-6-10-16/h4-6,9-10,13H,1-3,7-8,11-12,14H2,(H,19,20). The molecule has 0 bridgehead atoms. The molecule has 2 heterocycles. The molecular formula is C18H23N3O2. The Labute approximate surface area is 136 Å². The zero-order valence-electron chi connectivity index (χ0n) is 13.3. The first-order valence-electron chi connectivity index (χ1n) is 8.34. The molecule has 1 saturated heterocycles. The van der Waals surface area contributed by atoms with Gasteiger partial charge in [-0.3, -0.25) is 9.89 Å². The number of hydrogen-bond acceptors (Lipinski definition) is 3. The SMILES string of the molecule is O=C(c1cc(COc2ccccc2)[nH]n1)N1CCCCCCC1. The molecule has 1 aliphatic heterocycles. The van der Waals surface area contributed by atoms with E-state index in [2.05, 4.69) is 10.2 Å². The Hall–Kier alpha value is -2.30. The maximum Gasteiger partial charge on any atom is 0.274 e. The minimum Gasteiger partial charge on any atom is -0.487 e. The minimum absolute atomic E-state index is 0.0223. The van der Waals surface area contributed by atoms with E-state index in [9.17, 15) is 4.79 Å². The van der Waals surface area contributed by atoms with Crippen molar-refractivity contribution in [3.63, 3.8) is 0 Å². The van der Waals surface area contributed by atoms with Gasteiger partial charge in [-0.1, -0.05) is 37.5 Å². The summed E-state index contributed by atoms with van der Waals surface area (Å²) < 4.78 is 5.67. The fraction of sp³-hybridized carbons (Fsp3) is 0.444. The number of H-pyrrole nitrogens is 1. The summed E-state index contributed by atoms with van der Waals surface area (Å²) in [6.45, 7) is 2.05. The predicted octanol–water partition coefficient (Wildman–Crippen LogP) is 3.40. The Bertz CT molecular complexity index is 616. The summed E-state index contributed by atoms with van der Waals surface area (Å²) >= 11 is 0. The van der Waals surface area contributed by atoms with Gasteiger partial charge in [-0.05, 0) is 31.0 Å². The molecule has 0 atom stereocenters. The second-order valence-electron chi connectivity index (χ2n) is 5.94. The van der Waals surface area contributed by atoms with Crippen molar-refractivity contribution in [1.82, 2.24) is 15.1 Å². The van der Waals surface area contributed by atoms with E-state index in [-0.39, 0.29) is 5.91 Å². The van der Waals surface area contributed by atoms with Crippen LogP contribution in [0.1, 0.15) is 48.3 Å². The topological polar surface area (TPSA) is 58.2 Å². The molecule has 0 aliphatic carbocycles. The molecule has 0 spiro atoms. The highest BCUT2D eigenvalue weighted by Crippen LogP contribution is 2.14. The quantitative estimate of drug-likeness (QED) is 0.941. The van der Waals surface area contributed by atoms with E-state index in [4.69, 9.17) is 4.74 Å². The first-order chi connectivity index (χ1) is 11.3. The molecule has 5 heteroatoms. The maximum absolute atomic E-state index is 12.6. The van der Waals surface area contributed by atoms with Crippen LogP contribution in [0, 0.1) is 0 Å². The zero-order chi connectivity index (χ0) is 15.9. The van der Waals surface area contributed by atoms with Gasteiger partial charge in [-0.2, -0.15) is 5.10 Å². The van der Waals surface area contributed by atoms with Crippen LogP contribution in [0.4, 0.5) is 0 Å². The van der Waals surface area contributed by atoms with E-state index < -0.39 is 0 Å². The summed E-state index contributed by atoms with van der Waals surface area (Å²) in [5.41, 5.74) is 1.29. The largest absolute Gasteiger partial charge is 0.487 e. The van der Waals surface area contributed by atoms with Gasteiger partial charge in [0.05, 0.1) is 5.69 Å². The summed E-state index contributed by atoms with van der Waals surface area (Å²) in [4.78, 5) is 14.5. The van der Waals surface area contributed by atoms with E-state index in [0.717, 1.165) is 37.4 Å². The van der Waals surface area contributed by atoms with Crippen molar-refractivity contribution in [2.24, 2.45) is 0 Å². The zero-order valence-corrected chi connectivity index (χ0v) is 13.3. The smallest absolute Gasteiger partial charge is 0.274 e. The second-order valence-corrected chi connectivity index (χ2v) is 5.94. The van der Waals surface area contributed by atoms with Gasteiger partial charge in [-0.25, -0.2) is 0 Å². The molecule has 1 amide bonds. The lowest BCUT2D eigenvalue weighted by molar-refractivity contribution is 0.0736. The van der Waals surface area contributed by atoms with Gasteiger partial charge in [0, 0.05) is 13.1 Å². The van der Waals surface area contributed by atoms with Crippen LogP contribution in [0.3, 0.4) is 0 Å². The van der Waals surface area contributed by atoms with E-state index >= 15 is 0 Å². The lowest BCUT2D eigenvalue weighted by atomic mass is 10.1. The van der Waals surface area contributed by atoms with Gasteiger partial charge < -0.3 is 9.64 Å². The third kappa shape index (κ3) is 4.34. The van der Waals surface area contributed by atoms with Gasteiger partial charge in [0.2, 0.25) is 0 Å². The summed E-state index contributed by atoms with van der Waals surface area (Å²) in [5.74, 6) is 0.827. The van der Waals surface area contributed by atoms with E-state index in [1.807, 2.05) is 35.2 Å². The number of hydrogen-bond donors (Lipinski definition) is 1. The maximum atomic E-state index is 12.6. The van der Waals surface area contributed by atoms with Crippen LogP contribution < -0.4 is 4.74 Å². The van der Waals surface area contributed by atoms with Crippen LogP contribution in [-0.2, 0) is 6.61 Å². The molecule has 2 aromatic rings. The number of carbonyl (C=O) groups is 1. The number of ether oxygens (including phenoxy) is 1. The van der Waals surface area contributed by atoms with Crippen molar-refractivity contribution in [2.45, 2.75) is 38.7 Å². The van der Waals surface area contributed by atoms with Crippen LogP contribution >= 0.6 is 0 Å². The summed E-state index contributed by atoms with van der Waals surface area (Å²) in [5, 5.41) is 7.06. The first kappa shape index (κ1) is 15.6. The van der Waals surface area contributed by atoms with Crippen molar-refractivity contribution in [3.05, 3.63) is 47.8 Å². The average molecular weight is 313 g/mol. The number of para-hydroxylation sites is 1. The molecule has 1 aliphatic rings. The molecule has 0 saturated carbocycles. The van der Waals surface area contributed by atoms with E-state index in [1.165, 1.54) is 19.3 Å². The molecular weight excluding hydrogens is 290 g/mol. The van der Waals surface area contributed by atoms with Gasteiger partial charge in [0.25, 0.3) is 5.91 Å². The molecule has 1 N–H and O–H groups in total. The van der Waals surface area contributed by atoms with Crippen molar-refractivity contribution in [3.8, 4) is 5.75 Å². The summed E-state index contributed by atoms with van der Waals surface area (Å²) in [6.07, 6.45) is 5.87. The highest BCUT2D eigenvalue weighted by molar-refractivity contribution is 5.92. The second kappa shape index (κ2) is 7.81. The number of nitrogens with zero attached hydrogens (tertiary/aromatic N) is 2. The summed E-state index contributed by atoms with van der Waals surface area (Å²) in [7, 11) is 0. The van der Waals surface area contributed by atoms with Crippen LogP contribution in [0.2, 0.25) is 0 Å². The molecule has 3 rings (SSSR count). The number of rotatable bonds is 4. The number of aromatic amines is 1. The Morgan fingerprint density at radius 1 is 1.09 bits per heavy atom. The predicted molar refractivity (Wildman–Crippen MR) is 88.4 cm³/mol. The Morgan fingerprint density at radius 2 is 1.78 bits per heavy atom. The van der Waals surface area contributed by atoms with Crippen LogP contribution in [0.15, 0.2) is 36.4 Å². The van der Waals surface area contributed by atoms with Gasteiger partial charge in [0.15, 0.2) is 5.69 Å². The molecule has 5 nitrogen and oxygen atoms in total. The number of carbonyl (C=O) groups excluding carboxylic acids is 1. The molecule has 1 aromatic carbocycles. The van der Waals surface area contributed by atoms with Gasteiger partial charge >= 0.3 is 0 Å². The van der Waals surface area contributed by atoms with Gasteiger partial charge in [-0.15, -0.1) is 0 Å². The molecule has 23 heavy (non-hydrogen) atoms. The van der Waals surface area contributed by atoms with Crippen molar-refractivity contribution in [1.29, 1.82) is 0 Å². The molecule has 122 valence electrons. The minimum atomic E-state index is 0.0223. The molecule has 1 aromatic heterocycles. The lowest BCUT2D eigenvalue weighted by Gasteiger charge is -2.23. The Balaban J connectivity index is 1.58. The van der Waals surface area contributed by atoms with Crippen LogP contribution in [0.5, 0.6) is 5.75 Å². The number of nitrogens with one attached hydrogen (secondary N) is 1. The van der Waals surface area contributed by atoms with Crippen LogP contribution in [0.25, 0.3) is 0 Å². The van der Waals surface area contributed by atoms with Crippen LogP contribution in [-0.4, -0.2) is 34.1 Å². The number of benzene rings is 1. The average Bonchev–Trinajstić information content (AvgIpc) is 3.02.